The molecule has 1 aromatic heterocycles. The molecule has 1 aromatic carbocycles. The molecule has 0 aliphatic rings. The molecule has 80 valence electrons. The molecule has 0 bridgehead atoms. The molecule has 5 heteroatoms. The van der Waals surface area contributed by atoms with E-state index in [4.69, 9.17) is 11.6 Å². The monoisotopic (exact) mass is 296 g/mol. The fraction of sp³-hybridized carbons (Fsp3) is 0. The van der Waals surface area contributed by atoms with Gasteiger partial charge in [-0.25, -0.2) is 9.97 Å². The Balaban J connectivity index is 2.42. The Kier molecular flexibility index (Phi) is 3.31. The highest BCUT2D eigenvalue weighted by atomic mass is 79.9. The number of aldehydes is 1. The fourth-order valence-electron chi connectivity index (χ4n) is 1.18. The van der Waals surface area contributed by atoms with Crippen LogP contribution in [0.5, 0.6) is 0 Å². The van der Waals surface area contributed by atoms with Gasteiger partial charge in [0, 0.05) is 22.4 Å². The molecule has 0 amide bonds. The summed E-state index contributed by atoms with van der Waals surface area (Å²) in [6, 6.07) is 5.42. The van der Waals surface area contributed by atoms with Gasteiger partial charge in [0.25, 0.3) is 0 Å². The molecule has 0 radical (unpaired) electrons. The van der Waals surface area contributed by atoms with E-state index in [9.17, 15) is 4.79 Å². The maximum Gasteiger partial charge on any atom is 0.159 e. The first kappa shape index (κ1) is 11.2. The van der Waals surface area contributed by atoms with Crippen LogP contribution >= 0.6 is 27.5 Å². The number of benzene rings is 1. The van der Waals surface area contributed by atoms with E-state index in [1.54, 1.807) is 6.07 Å². The van der Waals surface area contributed by atoms with Crippen LogP contribution in [0.1, 0.15) is 10.4 Å². The topological polar surface area (TPSA) is 42.9 Å². The lowest BCUT2D eigenvalue weighted by molar-refractivity contribution is 0.112. The van der Waals surface area contributed by atoms with Crippen molar-refractivity contribution in [3.05, 3.63) is 45.7 Å². The third-order valence-corrected chi connectivity index (χ3v) is 3.20. The number of carbonyl (C=O) groups excluding carboxylic acids is 1. The van der Waals surface area contributed by atoms with E-state index in [-0.39, 0.29) is 0 Å². The van der Waals surface area contributed by atoms with Gasteiger partial charge in [0.1, 0.15) is 0 Å². The first-order valence-corrected chi connectivity index (χ1v) is 5.60. The van der Waals surface area contributed by atoms with Crippen LogP contribution in [-0.4, -0.2) is 16.3 Å². The van der Waals surface area contributed by atoms with Crippen LogP contribution < -0.4 is 0 Å². The lowest BCUT2D eigenvalue weighted by Crippen LogP contribution is -1.91. The van der Waals surface area contributed by atoms with Crippen LogP contribution in [0.3, 0.4) is 0 Å². The van der Waals surface area contributed by atoms with E-state index in [2.05, 4.69) is 25.9 Å². The summed E-state index contributed by atoms with van der Waals surface area (Å²) >= 11 is 9.21. The number of aromatic nitrogens is 2. The average molecular weight is 298 g/mol. The zero-order chi connectivity index (χ0) is 11.5. The van der Waals surface area contributed by atoms with Crippen LogP contribution in [-0.2, 0) is 0 Å². The summed E-state index contributed by atoms with van der Waals surface area (Å²) in [5.41, 5.74) is 1.30. The number of hydrogen-bond donors (Lipinski definition) is 0. The van der Waals surface area contributed by atoms with Crippen molar-refractivity contribution in [3.63, 3.8) is 0 Å². The lowest BCUT2D eigenvalue weighted by atomic mass is 10.2. The highest BCUT2D eigenvalue weighted by Gasteiger charge is 2.04. The van der Waals surface area contributed by atoms with Crippen molar-refractivity contribution in [3.8, 4) is 11.4 Å². The molecule has 1 heterocycles. The van der Waals surface area contributed by atoms with Gasteiger partial charge in [-0.3, -0.25) is 4.79 Å². The number of halogens is 2. The third kappa shape index (κ3) is 2.28. The summed E-state index contributed by atoms with van der Waals surface area (Å²) in [6.07, 6.45) is 3.68. The maximum atomic E-state index is 10.4. The van der Waals surface area contributed by atoms with E-state index in [1.807, 2.05) is 12.1 Å². The summed E-state index contributed by atoms with van der Waals surface area (Å²) in [4.78, 5) is 18.6. The largest absolute Gasteiger partial charge is 0.298 e. The quantitative estimate of drug-likeness (QED) is 0.798. The zero-order valence-electron chi connectivity index (χ0n) is 8.02. The van der Waals surface area contributed by atoms with Crippen molar-refractivity contribution in [2.45, 2.75) is 0 Å². The molecule has 0 aliphatic heterocycles. The molecule has 0 unspecified atom stereocenters. The van der Waals surface area contributed by atoms with Crippen molar-refractivity contribution >= 4 is 33.8 Å². The summed E-state index contributed by atoms with van der Waals surface area (Å²) < 4.78 is 0.787. The maximum absolute atomic E-state index is 10.4. The molecule has 0 fully saturated rings. The molecule has 0 saturated heterocycles. The summed E-state index contributed by atoms with van der Waals surface area (Å²) in [6.45, 7) is 0. The van der Waals surface area contributed by atoms with E-state index in [1.165, 1.54) is 12.4 Å². The predicted molar refractivity (Wildman–Crippen MR) is 65.6 cm³/mol. The van der Waals surface area contributed by atoms with Gasteiger partial charge in [0.2, 0.25) is 0 Å². The van der Waals surface area contributed by atoms with E-state index < -0.39 is 0 Å². The van der Waals surface area contributed by atoms with Crippen LogP contribution in [0, 0.1) is 0 Å². The number of nitrogens with zero attached hydrogens (tertiary/aromatic N) is 2. The fourth-order valence-corrected chi connectivity index (χ4v) is 1.68. The molecule has 0 spiro atoms. The first-order chi connectivity index (χ1) is 7.70. The Morgan fingerprint density at radius 2 is 1.94 bits per heavy atom. The second-order valence-corrected chi connectivity index (χ2v) is 4.35. The van der Waals surface area contributed by atoms with Crippen LogP contribution in [0.25, 0.3) is 11.4 Å². The Labute approximate surface area is 106 Å². The minimum Gasteiger partial charge on any atom is -0.298 e. The minimum atomic E-state index is 0.455. The van der Waals surface area contributed by atoms with Gasteiger partial charge in [-0.2, -0.15) is 0 Å². The molecule has 0 N–H and O–H groups in total. The third-order valence-electron chi connectivity index (χ3n) is 1.99. The van der Waals surface area contributed by atoms with Gasteiger partial charge in [0.05, 0.1) is 10.6 Å². The van der Waals surface area contributed by atoms with Gasteiger partial charge < -0.3 is 0 Å². The van der Waals surface area contributed by atoms with Crippen molar-refractivity contribution in [2.75, 3.05) is 0 Å². The second-order valence-electron chi connectivity index (χ2n) is 3.09. The first-order valence-electron chi connectivity index (χ1n) is 4.43. The highest BCUT2D eigenvalue weighted by molar-refractivity contribution is 9.10. The number of rotatable bonds is 2. The van der Waals surface area contributed by atoms with Crippen LogP contribution in [0.2, 0.25) is 5.02 Å². The Morgan fingerprint density at radius 1 is 1.25 bits per heavy atom. The van der Waals surface area contributed by atoms with Crippen molar-refractivity contribution < 1.29 is 4.79 Å². The normalized spacial score (nSPS) is 10.1. The lowest BCUT2D eigenvalue weighted by Gasteiger charge is -2.01. The van der Waals surface area contributed by atoms with Gasteiger partial charge in [0.15, 0.2) is 12.1 Å². The number of carbonyl (C=O) groups is 1. The van der Waals surface area contributed by atoms with Gasteiger partial charge in [-0.15, -0.1) is 0 Å². The van der Waals surface area contributed by atoms with E-state index in [0.29, 0.717) is 22.7 Å². The standard InChI is InChI=1S/C11H6BrClN2O/c12-9-3-8(1-2-10(9)13)11-14-4-7(6-16)5-15-11/h1-6H. The predicted octanol–water partition coefficient (Wildman–Crippen LogP) is 3.37. The smallest absolute Gasteiger partial charge is 0.159 e. The molecule has 0 aliphatic carbocycles. The Bertz CT molecular complexity index is 528. The van der Waals surface area contributed by atoms with Crippen molar-refractivity contribution in [2.24, 2.45) is 0 Å². The molecular weight excluding hydrogens is 291 g/mol. The van der Waals surface area contributed by atoms with Gasteiger partial charge in [-0.1, -0.05) is 11.6 Å². The molecule has 0 atom stereocenters. The van der Waals surface area contributed by atoms with Gasteiger partial charge in [-0.05, 0) is 34.1 Å². The van der Waals surface area contributed by atoms with Crippen LogP contribution in [0.15, 0.2) is 35.1 Å². The molecule has 3 nitrogen and oxygen atoms in total. The van der Waals surface area contributed by atoms with E-state index >= 15 is 0 Å². The minimum absolute atomic E-state index is 0.455. The summed E-state index contributed by atoms with van der Waals surface area (Å²) in [5, 5.41) is 0.633. The van der Waals surface area contributed by atoms with Crippen LogP contribution in [0.4, 0.5) is 0 Å². The van der Waals surface area contributed by atoms with E-state index in [0.717, 1.165) is 10.0 Å². The Hall–Kier alpha value is -1.26. The molecule has 2 aromatic rings. The van der Waals surface area contributed by atoms with Crippen molar-refractivity contribution in [1.82, 2.24) is 9.97 Å². The molecular formula is C11H6BrClN2O. The Morgan fingerprint density at radius 3 is 2.50 bits per heavy atom. The zero-order valence-corrected chi connectivity index (χ0v) is 10.4. The average Bonchev–Trinajstić information content (AvgIpc) is 2.33. The summed E-state index contributed by atoms with van der Waals surface area (Å²) in [7, 11) is 0. The second kappa shape index (κ2) is 4.72. The van der Waals surface area contributed by atoms with Crippen molar-refractivity contribution in [1.29, 1.82) is 0 Å². The number of hydrogen-bond acceptors (Lipinski definition) is 3. The SMILES string of the molecule is O=Cc1cnc(-c2ccc(Cl)c(Br)c2)nc1. The summed E-state index contributed by atoms with van der Waals surface area (Å²) in [5.74, 6) is 0.558. The molecule has 16 heavy (non-hydrogen) atoms. The highest BCUT2D eigenvalue weighted by Crippen LogP contribution is 2.26. The van der Waals surface area contributed by atoms with Gasteiger partial charge >= 0.3 is 0 Å². The molecule has 2 rings (SSSR count). The molecule has 0 saturated carbocycles.